The molecule has 0 aliphatic rings. The molecule has 0 N–H and O–H groups in total. The number of aldehydes is 1. The molecule has 1 aromatic rings. The van der Waals surface area contributed by atoms with Crippen molar-refractivity contribution in [3.8, 4) is 5.75 Å². The zero-order valence-corrected chi connectivity index (χ0v) is 13.5. The van der Waals surface area contributed by atoms with Gasteiger partial charge in [-0.2, -0.15) is 0 Å². The average molecular weight is 276 g/mol. The van der Waals surface area contributed by atoms with E-state index in [0.29, 0.717) is 11.3 Å². The standard InChI is InChI=1S/C17H24O3/c1-11(19)20-15-12(10-18)13(16(2,3)4)8-9-14(15)17(5,6)7/h8-10H,1-7H3. The maximum atomic E-state index is 11.6. The quantitative estimate of drug-likeness (QED) is 0.465. The van der Waals surface area contributed by atoms with Gasteiger partial charge >= 0.3 is 5.97 Å². The SMILES string of the molecule is CC(=O)Oc1c(C(C)(C)C)ccc(C(C)(C)C)c1C=O. The van der Waals surface area contributed by atoms with Gasteiger partial charge in [0.15, 0.2) is 6.29 Å². The van der Waals surface area contributed by atoms with Gasteiger partial charge < -0.3 is 4.74 Å². The van der Waals surface area contributed by atoms with E-state index in [9.17, 15) is 9.59 Å². The minimum atomic E-state index is -0.412. The molecule has 1 rings (SSSR count). The molecule has 0 radical (unpaired) electrons. The Balaban J connectivity index is 3.68. The number of ether oxygens (including phenoxy) is 1. The van der Waals surface area contributed by atoms with Gasteiger partial charge in [-0.15, -0.1) is 0 Å². The topological polar surface area (TPSA) is 43.4 Å². The summed E-state index contributed by atoms with van der Waals surface area (Å²) >= 11 is 0. The van der Waals surface area contributed by atoms with Crippen molar-refractivity contribution in [2.45, 2.75) is 59.3 Å². The number of carbonyl (C=O) groups is 2. The average Bonchev–Trinajstić information content (AvgIpc) is 2.24. The van der Waals surface area contributed by atoms with E-state index in [1.54, 1.807) is 0 Å². The van der Waals surface area contributed by atoms with Gasteiger partial charge in [0.25, 0.3) is 0 Å². The van der Waals surface area contributed by atoms with Gasteiger partial charge in [-0.25, -0.2) is 0 Å². The van der Waals surface area contributed by atoms with Gasteiger partial charge in [-0.3, -0.25) is 9.59 Å². The Labute approximate surface area is 121 Å². The van der Waals surface area contributed by atoms with Crippen LogP contribution in [0.2, 0.25) is 0 Å². The number of carbonyl (C=O) groups excluding carboxylic acids is 2. The van der Waals surface area contributed by atoms with E-state index in [1.807, 2.05) is 53.7 Å². The molecule has 0 aromatic heterocycles. The van der Waals surface area contributed by atoms with Gasteiger partial charge in [-0.05, 0) is 16.4 Å². The Hall–Kier alpha value is -1.64. The first-order valence-corrected chi connectivity index (χ1v) is 6.80. The minimum absolute atomic E-state index is 0.193. The smallest absolute Gasteiger partial charge is 0.308 e. The monoisotopic (exact) mass is 276 g/mol. The minimum Gasteiger partial charge on any atom is -0.426 e. The predicted molar refractivity (Wildman–Crippen MR) is 80.5 cm³/mol. The number of benzene rings is 1. The Morgan fingerprint density at radius 1 is 1.00 bits per heavy atom. The summed E-state index contributed by atoms with van der Waals surface area (Å²) in [6.45, 7) is 13.5. The first-order valence-electron chi connectivity index (χ1n) is 6.80. The van der Waals surface area contributed by atoms with Crippen molar-refractivity contribution < 1.29 is 14.3 Å². The van der Waals surface area contributed by atoms with E-state index < -0.39 is 5.97 Å². The lowest BCUT2D eigenvalue weighted by molar-refractivity contribution is -0.131. The van der Waals surface area contributed by atoms with Crippen molar-refractivity contribution >= 4 is 12.3 Å². The van der Waals surface area contributed by atoms with Gasteiger partial charge in [0.05, 0.1) is 5.56 Å². The van der Waals surface area contributed by atoms with Crippen LogP contribution >= 0.6 is 0 Å². The number of rotatable bonds is 2. The van der Waals surface area contributed by atoms with Crippen LogP contribution in [0.3, 0.4) is 0 Å². The van der Waals surface area contributed by atoms with Crippen LogP contribution in [-0.2, 0) is 15.6 Å². The van der Waals surface area contributed by atoms with E-state index in [-0.39, 0.29) is 10.8 Å². The number of hydrogen-bond donors (Lipinski definition) is 0. The summed E-state index contributed by atoms with van der Waals surface area (Å²) in [5, 5.41) is 0. The molecule has 0 aliphatic carbocycles. The molecule has 3 nitrogen and oxygen atoms in total. The van der Waals surface area contributed by atoms with Crippen LogP contribution in [0.25, 0.3) is 0 Å². The maximum Gasteiger partial charge on any atom is 0.308 e. The van der Waals surface area contributed by atoms with Crippen LogP contribution in [0.5, 0.6) is 5.75 Å². The molecule has 0 aliphatic heterocycles. The molecule has 1 aromatic carbocycles. The number of hydrogen-bond acceptors (Lipinski definition) is 3. The third-order valence-electron chi connectivity index (χ3n) is 3.18. The molecule has 0 amide bonds. The van der Waals surface area contributed by atoms with Crippen LogP contribution in [-0.4, -0.2) is 12.3 Å². The first kappa shape index (κ1) is 16.4. The second kappa shape index (κ2) is 5.39. The highest BCUT2D eigenvalue weighted by molar-refractivity contribution is 5.86. The summed E-state index contributed by atoms with van der Waals surface area (Å²) in [5.41, 5.74) is 1.82. The fourth-order valence-corrected chi connectivity index (χ4v) is 2.21. The normalized spacial score (nSPS) is 12.2. The molecule has 20 heavy (non-hydrogen) atoms. The Bertz CT molecular complexity index is 528. The van der Waals surface area contributed by atoms with Crippen molar-refractivity contribution in [3.05, 3.63) is 28.8 Å². The van der Waals surface area contributed by atoms with Crippen LogP contribution < -0.4 is 4.74 Å². The fraction of sp³-hybridized carbons (Fsp3) is 0.529. The van der Waals surface area contributed by atoms with Gasteiger partial charge in [0.2, 0.25) is 0 Å². The highest BCUT2D eigenvalue weighted by Crippen LogP contribution is 2.38. The van der Waals surface area contributed by atoms with Gasteiger partial charge in [-0.1, -0.05) is 53.7 Å². The second-order valence-corrected chi connectivity index (χ2v) is 7.11. The van der Waals surface area contributed by atoms with Crippen LogP contribution in [0, 0.1) is 0 Å². The van der Waals surface area contributed by atoms with Crippen molar-refractivity contribution in [1.82, 2.24) is 0 Å². The lowest BCUT2D eigenvalue weighted by Crippen LogP contribution is -2.21. The van der Waals surface area contributed by atoms with Gasteiger partial charge in [0.1, 0.15) is 5.75 Å². The van der Waals surface area contributed by atoms with Crippen LogP contribution in [0.15, 0.2) is 12.1 Å². The van der Waals surface area contributed by atoms with Crippen LogP contribution in [0.4, 0.5) is 0 Å². The largest absolute Gasteiger partial charge is 0.426 e. The Morgan fingerprint density at radius 2 is 1.45 bits per heavy atom. The van der Waals surface area contributed by atoms with E-state index in [4.69, 9.17) is 4.74 Å². The summed E-state index contributed by atoms with van der Waals surface area (Å²) < 4.78 is 5.36. The predicted octanol–water partition coefficient (Wildman–Crippen LogP) is 4.02. The van der Waals surface area contributed by atoms with Crippen molar-refractivity contribution in [2.24, 2.45) is 0 Å². The first-order chi connectivity index (χ1) is 8.98. The number of esters is 1. The molecule has 0 saturated heterocycles. The van der Waals surface area contributed by atoms with Crippen LogP contribution in [0.1, 0.15) is 70.0 Å². The molecular weight excluding hydrogens is 252 g/mol. The fourth-order valence-electron chi connectivity index (χ4n) is 2.21. The van der Waals surface area contributed by atoms with E-state index in [2.05, 4.69) is 0 Å². The summed E-state index contributed by atoms with van der Waals surface area (Å²) in [6.07, 6.45) is 0.786. The zero-order valence-electron chi connectivity index (χ0n) is 13.5. The molecule has 0 atom stereocenters. The second-order valence-electron chi connectivity index (χ2n) is 7.11. The summed E-state index contributed by atoms with van der Waals surface area (Å²) in [6, 6.07) is 3.91. The van der Waals surface area contributed by atoms with E-state index in [0.717, 1.165) is 17.4 Å². The molecule has 0 unspecified atom stereocenters. The van der Waals surface area contributed by atoms with E-state index in [1.165, 1.54) is 6.92 Å². The van der Waals surface area contributed by atoms with Crippen molar-refractivity contribution in [2.75, 3.05) is 0 Å². The Morgan fingerprint density at radius 3 is 1.80 bits per heavy atom. The molecular formula is C17H24O3. The molecule has 0 saturated carbocycles. The van der Waals surface area contributed by atoms with E-state index >= 15 is 0 Å². The molecule has 0 heterocycles. The van der Waals surface area contributed by atoms with Crippen molar-refractivity contribution in [3.63, 3.8) is 0 Å². The summed E-state index contributed by atoms with van der Waals surface area (Å²) in [5.74, 6) is -0.0166. The highest BCUT2D eigenvalue weighted by Gasteiger charge is 2.28. The third-order valence-corrected chi connectivity index (χ3v) is 3.18. The maximum absolute atomic E-state index is 11.6. The molecule has 110 valence electrons. The zero-order chi connectivity index (χ0) is 15.7. The lowest BCUT2D eigenvalue weighted by atomic mass is 9.79. The molecule has 0 fully saturated rings. The molecule has 0 bridgehead atoms. The third kappa shape index (κ3) is 3.47. The summed E-state index contributed by atoms with van der Waals surface area (Å²) in [4.78, 5) is 22.9. The summed E-state index contributed by atoms with van der Waals surface area (Å²) in [7, 11) is 0. The Kier molecular flexibility index (Phi) is 4.42. The van der Waals surface area contributed by atoms with Gasteiger partial charge in [0, 0.05) is 12.5 Å². The molecule has 3 heteroatoms. The highest BCUT2D eigenvalue weighted by atomic mass is 16.5. The lowest BCUT2D eigenvalue weighted by Gasteiger charge is -2.28. The molecule has 0 spiro atoms. The van der Waals surface area contributed by atoms with Crippen molar-refractivity contribution in [1.29, 1.82) is 0 Å².